The molecule has 0 aromatic heterocycles. The number of benzene rings is 3. The van der Waals surface area contributed by atoms with E-state index in [9.17, 15) is 18.5 Å². The van der Waals surface area contributed by atoms with Crippen molar-refractivity contribution in [1.29, 1.82) is 0 Å². The van der Waals surface area contributed by atoms with Gasteiger partial charge in [0.1, 0.15) is 5.69 Å². The fourth-order valence-corrected chi connectivity index (χ4v) is 4.28. The number of hydrogen-bond acceptors (Lipinski definition) is 8. The summed E-state index contributed by atoms with van der Waals surface area (Å²) in [5.74, 6) is 1.20. The molecule has 12 heteroatoms. The molecule has 0 saturated carbocycles. The summed E-state index contributed by atoms with van der Waals surface area (Å²) in [5, 5.41) is 16.1. The molecule has 2 N–H and O–H groups in total. The van der Waals surface area contributed by atoms with E-state index >= 15 is 0 Å². The van der Waals surface area contributed by atoms with Crippen LogP contribution < -0.4 is 19.6 Å². The lowest BCUT2D eigenvalue weighted by molar-refractivity contribution is -0.384. The zero-order chi connectivity index (χ0) is 23.6. The topological polar surface area (TPSA) is 132 Å². The highest BCUT2D eigenvalue weighted by Gasteiger charge is 2.22. The molecule has 10 nitrogen and oxygen atoms in total. The maximum absolute atomic E-state index is 12.7. The van der Waals surface area contributed by atoms with Gasteiger partial charge >= 0.3 is 0 Å². The summed E-state index contributed by atoms with van der Waals surface area (Å²) in [6.45, 7) is 1.85. The van der Waals surface area contributed by atoms with Crippen molar-refractivity contribution in [2.24, 2.45) is 5.10 Å². The average Bonchev–Trinajstić information content (AvgIpc) is 3.25. The second-order valence-corrected chi connectivity index (χ2v) is 9.05. The SMILES string of the molecule is CC(=NNc1ccc(S(=O)(=O)Nc2cccc(Cl)c2)cc1[N+](=O)[O-])c1ccc2c(c1)OCO2. The number of halogens is 1. The zero-order valence-electron chi connectivity index (χ0n) is 17.1. The van der Waals surface area contributed by atoms with Crippen LogP contribution >= 0.6 is 11.6 Å². The van der Waals surface area contributed by atoms with Crippen molar-refractivity contribution in [3.05, 3.63) is 81.4 Å². The fourth-order valence-electron chi connectivity index (χ4n) is 3.02. The normalized spacial score (nSPS) is 13.0. The third-order valence-corrected chi connectivity index (χ3v) is 6.30. The number of hydrazone groups is 1. The van der Waals surface area contributed by atoms with Crippen molar-refractivity contribution in [3.8, 4) is 11.5 Å². The number of nitrogens with zero attached hydrogens (tertiary/aromatic N) is 2. The molecule has 170 valence electrons. The van der Waals surface area contributed by atoms with Crippen LogP contribution in [0.3, 0.4) is 0 Å². The van der Waals surface area contributed by atoms with Crippen molar-refractivity contribution >= 4 is 44.4 Å². The Labute approximate surface area is 194 Å². The third-order valence-electron chi connectivity index (χ3n) is 4.69. The molecular formula is C21H17ClN4O6S. The Balaban J connectivity index is 1.58. The summed E-state index contributed by atoms with van der Waals surface area (Å²) in [6.07, 6.45) is 0. The number of anilines is 2. The van der Waals surface area contributed by atoms with E-state index in [0.717, 1.165) is 11.6 Å². The van der Waals surface area contributed by atoms with Crippen LogP contribution in [0.1, 0.15) is 12.5 Å². The Morgan fingerprint density at radius 3 is 2.64 bits per heavy atom. The van der Waals surface area contributed by atoms with Crippen molar-refractivity contribution in [2.45, 2.75) is 11.8 Å². The molecule has 1 aliphatic rings. The Bertz CT molecular complexity index is 1380. The van der Waals surface area contributed by atoms with Gasteiger partial charge in [-0.05, 0) is 55.5 Å². The summed E-state index contributed by atoms with van der Waals surface area (Å²) >= 11 is 5.88. The quantitative estimate of drug-likeness (QED) is 0.282. The van der Waals surface area contributed by atoms with Crippen LogP contribution in [0.2, 0.25) is 5.02 Å². The lowest BCUT2D eigenvalue weighted by atomic mass is 10.1. The van der Waals surface area contributed by atoms with E-state index in [4.69, 9.17) is 21.1 Å². The Morgan fingerprint density at radius 2 is 1.88 bits per heavy atom. The number of nitro benzene ring substituents is 1. The summed E-state index contributed by atoms with van der Waals surface area (Å²) in [5.41, 5.74) is 3.70. The first-order chi connectivity index (χ1) is 15.7. The van der Waals surface area contributed by atoms with Gasteiger partial charge in [0.15, 0.2) is 11.5 Å². The maximum atomic E-state index is 12.7. The van der Waals surface area contributed by atoms with Crippen molar-refractivity contribution in [1.82, 2.24) is 0 Å². The smallest absolute Gasteiger partial charge is 0.295 e. The Morgan fingerprint density at radius 1 is 1.09 bits per heavy atom. The molecule has 0 bridgehead atoms. The van der Waals surface area contributed by atoms with Gasteiger partial charge in [0.2, 0.25) is 6.79 Å². The first-order valence-electron chi connectivity index (χ1n) is 9.50. The van der Waals surface area contributed by atoms with Gasteiger partial charge in [-0.3, -0.25) is 20.3 Å². The highest BCUT2D eigenvalue weighted by atomic mass is 35.5. The maximum Gasteiger partial charge on any atom is 0.295 e. The number of ether oxygens (including phenoxy) is 2. The molecule has 0 unspecified atom stereocenters. The zero-order valence-corrected chi connectivity index (χ0v) is 18.7. The van der Waals surface area contributed by atoms with Crippen molar-refractivity contribution in [2.75, 3.05) is 16.9 Å². The van der Waals surface area contributed by atoms with E-state index in [1.165, 1.54) is 24.3 Å². The number of nitrogens with one attached hydrogen (secondary N) is 2. The number of sulfonamides is 1. The molecule has 0 atom stereocenters. The van der Waals surface area contributed by atoms with E-state index in [-0.39, 0.29) is 23.1 Å². The van der Waals surface area contributed by atoms with Crippen LogP contribution in [0.25, 0.3) is 0 Å². The lowest BCUT2D eigenvalue weighted by Crippen LogP contribution is -2.13. The minimum Gasteiger partial charge on any atom is -0.454 e. The molecule has 0 radical (unpaired) electrons. The molecule has 1 aliphatic heterocycles. The van der Waals surface area contributed by atoms with Crippen molar-refractivity contribution in [3.63, 3.8) is 0 Å². The van der Waals surface area contributed by atoms with E-state index in [1.54, 1.807) is 37.3 Å². The number of nitro groups is 1. The molecule has 33 heavy (non-hydrogen) atoms. The van der Waals surface area contributed by atoms with E-state index in [2.05, 4.69) is 15.2 Å². The van der Waals surface area contributed by atoms with Gasteiger partial charge in [-0.15, -0.1) is 0 Å². The molecule has 0 saturated heterocycles. The minimum absolute atomic E-state index is 0.0294. The van der Waals surface area contributed by atoms with Crippen LogP contribution in [-0.2, 0) is 10.0 Å². The van der Waals surface area contributed by atoms with Crippen LogP contribution in [0, 0.1) is 10.1 Å². The van der Waals surface area contributed by atoms with Gasteiger partial charge in [0.05, 0.1) is 21.2 Å². The molecule has 0 fully saturated rings. The lowest BCUT2D eigenvalue weighted by Gasteiger charge is -2.10. The largest absolute Gasteiger partial charge is 0.454 e. The predicted octanol–water partition coefficient (Wildman–Crippen LogP) is 4.61. The second kappa shape index (κ2) is 8.96. The molecule has 3 aromatic carbocycles. The first kappa shape index (κ1) is 22.4. The molecule has 0 amide bonds. The fraction of sp³-hybridized carbons (Fsp3) is 0.0952. The molecular weight excluding hydrogens is 472 g/mol. The molecule has 0 aliphatic carbocycles. The molecule has 0 spiro atoms. The number of hydrogen-bond donors (Lipinski definition) is 2. The highest BCUT2D eigenvalue weighted by molar-refractivity contribution is 7.92. The van der Waals surface area contributed by atoms with E-state index in [0.29, 0.717) is 22.2 Å². The van der Waals surface area contributed by atoms with Gasteiger partial charge in [-0.1, -0.05) is 17.7 Å². The summed E-state index contributed by atoms with van der Waals surface area (Å²) in [4.78, 5) is 10.6. The Hall–Kier alpha value is -3.83. The molecule has 1 heterocycles. The summed E-state index contributed by atoms with van der Waals surface area (Å²) in [6, 6.07) is 14.9. The van der Waals surface area contributed by atoms with Crippen LogP contribution in [-0.4, -0.2) is 25.8 Å². The third kappa shape index (κ3) is 4.99. The van der Waals surface area contributed by atoms with Gasteiger partial charge in [0, 0.05) is 16.7 Å². The summed E-state index contributed by atoms with van der Waals surface area (Å²) < 4.78 is 38.4. The monoisotopic (exact) mass is 488 g/mol. The van der Waals surface area contributed by atoms with Gasteiger partial charge in [-0.25, -0.2) is 8.42 Å². The van der Waals surface area contributed by atoms with Crippen LogP contribution in [0.15, 0.2) is 70.7 Å². The van der Waals surface area contributed by atoms with Crippen LogP contribution in [0.4, 0.5) is 17.1 Å². The Kier molecular flexibility index (Phi) is 6.07. The van der Waals surface area contributed by atoms with Crippen molar-refractivity contribution < 1.29 is 22.8 Å². The van der Waals surface area contributed by atoms with Crippen LogP contribution in [0.5, 0.6) is 11.5 Å². The number of rotatable bonds is 7. The van der Waals surface area contributed by atoms with E-state index < -0.39 is 20.6 Å². The van der Waals surface area contributed by atoms with Gasteiger partial charge in [-0.2, -0.15) is 5.10 Å². The molecule has 4 rings (SSSR count). The first-order valence-corrected chi connectivity index (χ1v) is 11.4. The highest BCUT2D eigenvalue weighted by Crippen LogP contribution is 2.33. The second-order valence-electron chi connectivity index (χ2n) is 6.93. The number of fused-ring (bicyclic) bond motifs is 1. The van der Waals surface area contributed by atoms with E-state index in [1.807, 2.05) is 0 Å². The summed E-state index contributed by atoms with van der Waals surface area (Å²) in [7, 11) is -4.09. The standard InChI is InChI=1S/C21H17ClN4O6S/c1-13(14-5-8-20-21(9-14)32-12-31-20)23-24-18-7-6-17(11-19(18)26(27)28)33(29,30)25-16-4-2-3-15(22)10-16/h2-11,24-25H,12H2,1H3. The van der Waals surface area contributed by atoms with Gasteiger partial charge in [0.25, 0.3) is 15.7 Å². The minimum atomic E-state index is -4.09. The average molecular weight is 489 g/mol. The molecule has 3 aromatic rings. The van der Waals surface area contributed by atoms with Gasteiger partial charge < -0.3 is 9.47 Å². The predicted molar refractivity (Wildman–Crippen MR) is 124 cm³/mol.